The Bertz CT molecular complexity index is 743. The van der Waals surface area contributed by atoms with E-state index in [4.69, 9.17) is 23.2 Å². The van der Waals surface area contributed by atoms with Crippen LogP contribution in [0.15, 0.2) is 42.5 Å². The average molecular weight is 383 g/mol. The second kappa shape index (κ2) is 8.04. The maximum atomic E-state index is 13.9. The number of halogens is 3. The summed E-state index contributed by atoms with van der Waals surface area (Å²) in [6.45, 7) is 3.26. The smallest absolute Gasteiger partial charge is 0.279 e. The van der Waals surface area contributed by atoms with Gasteiger partial charge in [0.1, 0.15) is 5.82 Å². The van der Waals surface area contributed by atoms with Crippen LogP contribution in [-0.4, -0.2) is 38.6 Å². The Morgan fingerprint density at radius 3 is 2.36 bits per heavy atom. The number of anilines is 2. The lowest BCUT2D eigenvalue weighted by Crippen LogP contribution is -3.15. The molecule has 1 aliphatic heterocycles. The number of quaternary nitrogens is 1. The summed E-state index contributed by atoms with van der Waals surface area (Å²) in [6.07, 6.45) is 0. The van der Waals surface area contributed by atoms with Crippen LogP contribution in [0.25, 0.3) is 0 Å². The van der Waals surface area contributed by atoms with Gasteiger partial charge in [0.15, 0.2) is 6.54 Å². The number of para-hydroxylation sites is 2. The number of hydrogen-bond acceptors (Lipinski definition) is 2. The molecule has 0 spiro atoms. The van der Waals surface area contributed by atoms with Crippen molar-refractivity contribution in [3.63, 3.8) is 0 Å². The van der Waals surface area contributed by atoms with Gasteiger partial charge in [0.2, 0.25) is 0 Å². The molecule has 2 N–H and O–H groups in total. The quantitative estimate of drug-likeness (QED) is 0.851. The fourth-order valence-electron chi connectivity index (χ4n) is 2.98. The number of carbonyl (C=O) groups is 1. The topological polar surface area (TPSA) is 36.8 Å². The van der Waals surface area contributed by atoms with Crippen LogP contribution in [-0.2, 0) is 4.79 Å². The largest absolute Gasteiger partial charge is 0.358 e. The average Bonchev–Trinajstić information content (AvgIpc) is 2.60. The molecule has 1 fully saturated rings. The minimum atomic E-state index is -0.211. The van der Waals surface area contributed by atoms with E-state index in [1.165, 1.54) is 6.07 Å². The van der Waals surface area contributed by atoms with E-state index in [2.05, 4.69) is 5.32 Å². The summed E-state index contributed by atoms with van der Waals surface area (Å²) in [6, 6.07) is 11.9. The number of nitrogens with one attached hydrogen (secondary N) is 2. The van der Waals surface area contributed by atoms with Gasteiger partial charge in [0.25, 0.3) is 5.91 Å². The summed E-state index contributed by atoms with van der Waals surface area (Å²) >= 11 is 12.1. The van der Waals surface area contributed by atoms with Gasteiger partial charge < -0.3 is 15.1 Å². The number of piperazine rings is 1. The maximum Gasteiger partial charge on any atom is 0.279 e. The molecule has 0 aliphatic carbocycles. The van der Waals surface area contributed by atoms with Crippen LogP contribution in [0.1, 0.15) is 0 Å². The van der Waals surface area contributed by atoms with E-state index in [0.717, 1.165) is 18.0 Å². The van der Waals surface area contributed by atoms with Gasteiger partial charge in [-0.05, 0) is 24.3 Å². The molecule has 1 saturated heterocycles. The van der Waals surface area contributed by atoms with Gasteiger partial charge in [-0.3, -0.25) is 4.79 Å². The summed E-state index contributed by atoms with van der Waals surface area (Å²) in [7, 11) is 0. The number of rotatable bonds is 4. The molecule has 0 unspecified atom stereocenters. The zero-order valence-electron chi connectivity index (χ0n) is 13.6. The molecular weight excluding hydrogens is 364 g/mol. The molecule has 0 aromatic heterocycles. The van der Waals surface area contributed by atoms with Gasteiger partial charge in [-0.2, -0.15) is 0 Å². The van der Waals surface area contributed by atoms with Gasteiger partial charge in [0, 0.05) is 0 Å². The minimum absolute atomic E-state index is 0.135. The van der Waals surface area contributed by atoms with Crippen LogP contribution in [0.4, 0.5) is 15.8 Å². The molecule has 3 rings (SSSR count). The lowest BCUT2D eigenvalue weighted by molar-refractivity contribution is -0.892. The molecular formula is C18H19Cl2FN3O+. The molecule has 1 amide bonds. The van der Waals surface area contributed by atoms with Crippen LogP contribution in [0.3, 0.4) is 0 Å². The highest BCUT2D eigenvalue weighted by Gasteiger charge is 2.24. The molecule has 2 aromatic rings. The van der Waals surface area contributed by atoms with Crippen LogP contribution >= 0.6 is 23.2 Å². The van der Waals surface area contributed by atoms with Crippen LogP contribution in [0.5, 0.6) is 0 Å². The maximum absolute atomic E-state index is 13.9. The zero-order valence-corrected chi connectivity index (χ0v) is 15.1. The first-order chi connectivity index (χ1) is 12.0. The normalized spacial score (nSPS) is 15.2. The monoisotopic (exact) mass is 382 g/mol. The van der Waals surface area contributed by atoms with Crippen molar-refractivity contribution in [3.05, 3.63) is 58.3 Å². The van der Waals surface area contributed by atoms with Crippen molar-refractivity contribution in [2.75, 3.05) is 42.9 Å². The molecule has 1 aliphatic rings. The molecule has 25 heavy (non-hydrogen) atoms. The van der Waals surface area contributed by atoms with E-state index in [1.54, 1.807) is 30.3 Å². The Kier molecular flexibility index (Phi) is 5.78. The van der Waals surface area contributed by atoms with Crippen molar-refractivity contribution < 1.29 is 14.1 Å². The van der Waals surface area contributed by atoms with Crippen LogP contribution in [0, 0.1) is 5.82 Å². The molecule has 4 nitrogen and oxygen atoms in total. The molecule has 1 heterocycles. The Morgan fingerprint density at radius 2 is 1.72 bits per heavy atom. The Hall–Kier alpha value is -1.82. The van der Waals surface area contributed by atoms with E-state index in [-0.39, 0.29) is 11.7 Å². The number of carbonyl (C=O) groups excluding carboxylic acids is 1. The van der Waals surface area contributed by atoms with E-state index in [9.17, 15) is 9.18 Å². The molecule has 0 atom stereocenters. The van der Waals surface area contributed by atoms with E-state index < -0.39 is 0 Å². The highest BCUT2D eigenvalue weighted by atomic mass is 35.5. The standard InChI is InChI=1S/C18H18Cl2FN3O/c19-13-4-3-5-14(20)18(13)22-17(25)12-23-8-10-24(11-9-23)16-7-2-1-6-15(16)21/h1-7H,8-12H2,(H,22,25)/p+1. The first-order valence-electron chi connectivity index (χ1n) is 8.11. The van der Waals surface area contributed by atoms with Crippen molar-refractivity contribution >= 4 is 40.5 Å². The minimum Gasteiger partial charge on any atom is -0.358 e. The SMILES string of the molecule is O=C(C[NH+]1CCN(c2ccccc2F)CC1)Nc1c(Cl)cccc1Cl. The van der Waals surface area contributed by atoms with Gasteiger partial charge in [-0.25, -0.2) is 4.39 Å². The first-order valence-corrected chi connectivity index (χ1v) is 8.87. The first kappa shape index (κ1) is 18.0. The Balaban J connectivity index is 1.54. The van der Waals surface area contributed by atoms with Crippen LogP contribution < -0.4 is 15.1 Å². The van der Waals surface area contributed by atoms with E-state index in [0.29, 0.717) is 41.1 Å². The molecule has 132 valence electrons. The highest BCUT2D eigenvalue weighted by molar-refractivity contribution is 6.39. The van der Waals surface area contributed by atoms with Crippen molar-refractivity contribution in [3.8, 4) is 0 Å². The lowest BCUT2D eigenvalue weighted by atomic mass is 10.2. The molecule has 2 aromatic carbocycles. The molecule has 0 saturated carbocycles. The predicted molar refractivity (Wildman–Crippen MR) is 99.3 cm³/mol. The molecule has 0 radical (unpaired) electrons. The van der Waals surface area contributed by atoms with E-state index in [1.807, 2.05) is 11.0 Å². The molecule has 0 bridgehead atoms. The zero-order chi connectivity index (χ0) is 17.8. The van der Waals surface area contributed by atoms with Gasteiger partial charge >= 0.3 is 0 Å². The van der Waals surface area contributed by atoms with Gasteiger partial charge in [0.05, 0.1) is 47.6 Å². The van der Waals surface area contributed by atoms with Gasteiger partial charge in [-0.15, -0.1) is 0 Å². The number of amides is 1. The van der Waals surface area contributed by atoms with Crippen molar-refractivity contribution in [2.45, 2.75) is 0 Å². The summed E-state index contributed by atoms with van der Waals surface area (Å²) in [5.74, 6) is -0.346. The van der Waals surface area contributed by atoms with Crippen molar-refractivity contribution in [1.29, 1.82) is 0 Å². The number of hydrogen-bond donors (Lipinski definition) is 2. The summed E-state index contributed by atoms with van der Waals surface area (Å²) in [5, 5.41) is 3.61. The number of nitrogens with zero attached hydrogens (tertiary/aromatic N) is 1. The Labute approximate surface area is 156 Å². The molecule has 7 heteroatoms. The summed E-state index contributed by atoms with van der Waals surface area (Å²) < 4.78 is 13.9. The second-order valence-corrected chi connectivity index (χ2v) is 6.82. The van der Waals surface area contributed by atoms with Crippen molar-refractivity contribution in [1.82, 2.24) is 0 Å². The predicted octanol–water partition coefficient (Wildman–Crippen LogP) is 2.48. The third-order valence-electron chi connectivity index (χ3n) is 4.30. The number of benzene rings is 2. The fourth-order valence-corrected chi connectivity index (χ4v) is 3.47. The lowest BCUT2D eigenvalue weighted by Gasteiger charge is -2.33. The second-order valence-electron chi connectivity index (χ2n) is 6.01. The van der Waals surface area contributed by atoms with Crippen molar-refractivity contribution in [2.24, 2.45) is 0 Å². The highest BCUT2D eigenvalue weighted by Crippen LogP contribution is 2.29. The summed E-state index contributed by atoms with van der Waals surface area (Å²) in [5.41, 5.74) is 1.06. The summed E-state index contributed by atoms with van der Waals surface area (Å²) in [4.78, 5) is 15.4. The third kappa shape index (κ3) is 4.42. The fraction of sp³-hybridized carbons (Fsp3) is 0.278. The third-order valence-corrected chi connectivity index (χ3v) is 4.93. The van der Waals surface area contributed by atoms with E-state index >= 15 is 0 Å². The van der Waals surface area contributed by atoms with Gasteiger partial charge in [-0.1, -0.05) is 41.4 Å². The Morgan fingerprint density at radius 1 is 1.08 bits per heavy atom. The van der Waals surface area contributed by atoms with Crippen LogP contribution in [0.2, 0.25) is 10.0 Å².